The highest BCUT2D eigenvalue weighted by atomic mass is 19.3. The van der Waals surface area contributed by atoms with E-state index in [0.717, 1.165) is 0 Å². The van der Waals surface area contributed by atoms with E-state index < -0.39 is 12.5 Å². The van der Waals surface area contributed by atoms with Gasteiger partial charge in [0.15, 0.2) is 11.5 Å². The van der Waals surface area contributed by atoms with Gasteiger partial charge in [-0.05, 0) is 25.1 Å². The molecule has 0 bridgehead atoms. The van der Waals surface area contributed by atoms with Crippen LogP contribution < -0.4 is 9.47 Å². The molecule has 1 unspecified atom stereocenters. The number of ether oxygens (including phenoxy) is 2. The van der Waals surface area contributed by atoms with Crippen LogP contribution in [0.5, 0.6) is 11.5 Å². The average molecular weight is 247 g/mol. The van der Waals surface area contributed by atoms with Crippen LogP contribution in [0.25, 0.3) is 0 Å². The topological polar surface area (TPSA) is 51.1 Å². The minimum Gasteiger partial charge on any atom is -0.447 e. The average Bonchev–Trinajstić information content (AvgIpc) is 2.28. The van der Waals surface area contributed by atoms with Gasteiger partial charge in [0.25, 0.3) is 0 Å². The van der Waals surface area contributed by atoms with Crippen molar-refractivity contribution in [3.05, 3.63) is 23.8 Å². The first-order chi connectivity index (χ1) is 7.94. The predicted octanol–water partition coefficient (Wildman–Crippen LogP) is 2.54. The molecular formula is C10H8F3NO3. The number of rotatable bonds is 1. The summed E-state index contributed by atoms with van der Waals surface area (Å²) in [6.07, 6.45) is -6.87. The summed E-state index contributed by atoms with van der Waals surface area (Å²) in [6.45, 7) is 1.49. The van der Waals surface area contributed by atoms with Gasteiger partial charge in [0, 0.05) is 5.56 Å². The zero-order valence-corrected chi connectivity index (χ0v) is 8.65. The molecule has 0 saturated carbocycles. The molecule has 0 saturated heterocycles. The van der Waals surface area contributed by atoms with E-state index in [-0.39, 0.29) is 17.2 Å². The molecule has 1 N–H and O–H groups in total. The van der Waals surface area contributed by atoms with Crippen LogP contribution in [0, 0.1) is 0 Å². The van der Waals surface area contributed by atoms with Crippen molar-refractivity contribution in [2.75, 3.05) is 0 Å². The van der Waals surface area contributed by atoms with Crippen molar-refractivity contribution in [3.63, 3.8) is 0 Å². The summed E-state index contributed by atoms with van der Waals surface area (Å²) in [5.41, 5.74) is 0.649. The molecule has 17 heavy (non-hydrogen) atoms. The van der Waals surface area contributed by atoms with E-state index >= 15 is 0 Å². The highest BCUT2D eigenvalue weighted by molar-refractivity contribution is 5.98. The number of hydrogen-bond acceptors (Lipinski definition) is 4. The molecule has 0 amide bonds. The number of fused-ring (bicyclic) bond motifs is 1. The molecule has 2 rings (SSSR count). The van der Waals surface area contributed by atoms with Crippen molar-refractivity contribution < 1.29 is 27.9 Å². The molecule has 1 heterocycles. The van der Waals surface area contributed by atoms with E-state index in [1.165, 1.54) is 25.1 Å². The maximum Gasteiger partial charge on any atom is 0.468 e. The lowest BCUT2D eigenvalue weighted by Gasteiger charge is -2.28. The van der Waals surface area contributed by atoms with Crippen molar-refractivity contribution in [1.82, 2.24) is 0 Å². The van der Waals surface area contributed by atoms with Gasteiger partial charge in [-0.25, -0.2) is 0 Å². The molecule has 0 fully saturated rings. The maximum atomic E-state index is 12.9. The van der Waals surface area contributed by atoms with Crippen LogP contribution in [-0.4, -0.2) is 23.4 Å². The summed E-state index contributed by atoms with van der Waals surface area (Å²) >= 11 is 0. The molecule has 4 nitrogen and oxygen atoms in total. The van der Waals surface area contributed by atoms with Crippen molar-refractivity contribution in [2.45, 2.75) is 19.4 Å². The Morgan fingerprint density at radius 1 is 1.41 bits per heavy atom. The predicted molar refractivity (Wildman–Crippen MR) is 51.5 cm³/mol. The van der Waals surface area contributed by atoms with Gasteiger partial charge >= 0.3 is 12.5 Å². The zero-order chi connectivity index (χ0) is 12.6. The highest BCUT2D eigenvalue weighted by Crippen LogP contribution is 2.40. The van der Waals surface area contributed by atoms with Crippen molar-refractivity contribution in [3.8, 4) is 11.5 Å². The first-order valence-electron chi connectivity index (χ1n) is 4.64. The Labute approximate surface area is 94.3 Å². The van der Waals surface area contributed by atoms with Crippen LogP contribution in [-0.2, 0) is 0 Å². The van der Waals surface area contributed by atoms with Crippen molar-refractivity contribution >= 4 is 5.71 Å². The van der Waals surface area contributed by atoms with E-state index in [9.17, 15) is 13.2 Å². The Balaban J connectivity index is 2.39. The Morgan fingerprint density at radius 2 is 2.12 bits per heavy atom. The molecule has 0 aromatic heterocycles. The first-order valence-corrected chi connectivity index (χ1v) is 4.64. The molecule has 1 aliphatic rings. The number of nitrogens with zero attached hydrogens (tertiary/aromatic N) is 1. The molecule has 1 aromatic carbocycles. The van der Waals surface area contributed by atoms with Gasteiger partial charge in [-0.3, -0.25) is 0 Å². The van der Waals surface area contributed by atoms with Gasteiger partial charge in [-0.2, -0.15) is 13.2 Å². The van der Waals surface area contributed by atoms with Crippen molar-refractivity contribution in [1.29, 1.82) is 0 Å². The normalized spacial score (nSPS) is 22.4. The standard InChI is InChI=1S/C10H8F3NO3/c1-5(14-15)6-2-3-7-8(4-6)16-9(11)10(12,13)17-7/h2-4,9,15H,1H3. The summed E-state index contributed by atoms with van der Waals surface area (Å²) in [7, 11) is 0. The Kier molecular flexibility index (Phi) is 2.60. The summed E-state index contributed by atoms with van der Waals surface area (Å²) < 4.78 is 47.1. The van der Waals surface area contributed by atoms with E-state index in [1.54, 1.807) is 0 Å². The number of benzene rings is 1. The van der Waals surface area contributed by atoms with Gasteiger partial charge in [0.05, 0.1) is 5.71 Å². The molecule has 92 valence electrons. The molecular weight excluding hydrogens is 239 g/mol. The number of hydrogen-bond donors (Lipinski definition) is 1. The van der Waals surface area contributed by atoms with Gasteiger partial charge < -0.3 is 14.7 Å². The summed E-state index contributed by atoms with van der Waals surface area (Å²) in [5.74, 6) is -0.428. The third-order valence-corrected chi connectivity index (χ3v) is 2.25. The Morgan fingerprint density at radius 3 is 2.76 bits per heavy atom. The smallest absolute Gasteiger partial charge is 0.447 e. The zero-order valence-electron chi connectivity index (χ0n) is 8.65. The largest absolute Gasteiger partial charge is 0.468 e. The van der Waals surface area contributed by atoms with Crippen LogP contribution in [0.15, 0.2) is 23.4 Å². The molecule has 7 heteroatoms. The van der Waals surface area contributed by atoms with Crippen LogP contribution >= 0.6 is 0 Å². The summed E-state index contributed by atoms with van der Waals surface area (Å²) in [4.78, 5) is 0. The molecule has 0 spiro atoms. The van der Waals surface area contributed by atoms with Crippen LogP contribution in [0.3, 0.4) is 0 Å². The van der Waals surface area contributed by atoms with Crippen LogP contribution in [0.1, 0.15) is 12.5 Å². The van der Waals surface area contributed by atoms with E-state index in [2.05, 4.69) is 14.6 Å². The third-order valence-electron chi connectivity index (χ3n) is 2.25. The second-order valence-corrected chi connectivity index (χ2v) is 3.44. The molecule has 0 radical (unpaired) electrons. The van der Waals surface area contributed by atoms with Gasteiger partial charge in [-0.15, -0.1) is 0 Å². The fraction of sp³-hybridized carbons (Fsp3) is 0.300. The van der Waals surface area contributed by atoms with Gasteiger partial charge in [0.2, 0.25) is 0 Å². The van der Waals surface area contributed by atoms with Crippen molar-refractivity contribution in [2.24, 2.45) is 5.16 Å². The van der Waals surface area contributed by atoms with Crippen LogP contribution in [0.4, 0.5) is 13.2 Å². The number of alkyl halides is 3. The Bertz CT molecular complexity index is 476. The van der Waals surface area contributed by atoms with Crippen LogP contribution in [0.2, 0.25) is 0 Å². The quantitative estimate of drug-likeness (QED) is 0.471. The summed E-state index contributed by atoms with van der Waals surface area (Å²) in [5, 5.41) is 11.5. The van der Waals surface area contributed by atoms with Gasteiger partial charge in [0.1, 0.15) is 0 Å². The highest BCUT2D eigenvalue weighted by Gasteiger charge is 2.49. The SMILES string of the molecule is CC(=NO)c1ccc2c(c1)OC(F)C(F)(F)O2. The molecule has 1 aliphatic heterocycles. The number of oxime groups is 1. The third kappa shape index (κ3) is 2.00. The molecule has 1 aromatic rings. The second-order valence-electron chi connectivity index (χ2n) is 3.44. The minimum atomic E-state index is -4.01. The Hall–Kier alpha value is -1.92. The molecule has 1 atom stereocenters. The monoisotopic (exact) mass is 247 g/mol. The first kappa shape index (κ1) is 11.6. The number of halogens is 3. The lowest BCUT2D eigenvalue weighted by Crippen LogP contribution is -2.43. The maximum absolute atomic E-state index is 12.9. The lowest BCUT2D eigenvalue weighted by molar-refractivity contribution is -0.281. The second kappa shape index (κ2) is 3.83. The minimum absolute atomic E-state index is 0.163. The molecule has 0 aliphatic carbocycles. The summed E-state index contributed by atoms with van der Waals surface area (Å²) in [6, 6.07) is 3.84. The van der Waals surface area contributed by atoms with E-state index in [0.29, 0.717) is 5.56 Å². The van der Waals surface area contributed by atoms with E-state index in [1.807, 2.05) is 0 Å². The fourth-order valence-corrected chi connectivity index (χ4v) is 1.34. The fourth-order valence-electron chi connectivity index (χ4n) is 1.34. The van der Waals surface area contributed by atoms with E-state index in [4.69, 9.17) is 5.21 Å². The lowest BCUT2D eigenvalue weighted by atomic mass is 10.1. The van der Waals surface area contributed by atoms with Gasteiger partial charge in [-0.1, -0.05) is 5.16 Å².